The van der Waals surface area contributed by atoms with Gasteiger partial charge in [0.05, 0.1) is 7.11 Å². The molecular formula is C15H18NO4-. The van der Waals surface area contributed by atoms with Crippen molar-refractivity contribution in [1.29, 1.82) is 0 Å². The highest BCUT2D eigenvalue weighted by atomic mass is 16.5. The highest BCUT2D eigenvalue weighted by Gasteiger charge is 2.31. The van der Waals surface area contributed by atoms with Gasteiger partial charge in [-0.25, -0.2) is 0 Å². The molecular weight excluding hydrogens is 258 g/mol. The van der Waals surface area contributed by atoms with Crippen LogP contribution in [0, 0.1) is 11.8 Å². The normalized spacial score (nSPS) is 22.1. The molecule has 5 heteroatoms. The van der Waals surface area contributed by atoms with Crippen molar-refractivity contribution in [3.63, 3.8) is 0 Å². The van der Waals surface area contributed by atoms with Crippen LogP contribution in [0.15, 0.2) is 24.3 Å². The Balaban J connectivity index is 2.07. The highest BCUT2D eigenvalue weighted by molar-refractivity contribution is 5.95. The Bertz CT molecular complexity index is 500. The minimum Gasteiger partial charge on any atom is -0.550 e. The first-order valence-electron chi connectivity index (χ1n) is 6.77. The smallest absolute Gasteiger partial charge is 0.228 e. The molecule has 2 rings (SSSR count). The van der Waals surface area contributed by atoms with Crippen LogP contribution in [0.3, 0.4) is 0 Å². The third kappa shape index (κ3) is 3.29. The summed E-state index contributed by atoms with van der Waals surface area (Å²) < 4.78 is 5.09. The second kappa shape index (κ2) is 6.41. The Labute approximate surface area is 117 Å². The first-order chi connectivity index (χ1) is 9.61. The number of aliphatic carboxylic acids is 1. The van der Waals surface area contributed by atoms with Crippen LogP contribution in [0.25, 0.3) is 0 Å². The van der Waals surface area contributed by atoms with E-state index < -0.39 is 17.8 Å². The Morgan fingerprint density at radius 1 is 1.25 bits per heavy atom. The molecule has 20 heavy (non-hydrogen) atoms. The Hall–Kier alpha value is -2.04. The van der Waals surface area contributed by atoms with Gasteiger partial charge in [0.25, 0.3) is 0 Å². The average Bonchev–Trinajstić information content (AvgIpc) is 2.47. The van der Waals surface area contributed by atoms with Gasteiger partial charge < -0.3 is 20.0 Å². The number of hydrogen-bond donors (Lipinski definition) is 1. The quantitative estimate of drug-likeness (QED) is 0.896. The zero-order valence-electron chi connectivity index (χ0n) is 11.4. The van der Waals surface area contributed by atoms with Gasteiger partial charge in [0, 0.05) is 29.6 Å². The molecule has 0 bridgehead atoms. The number of carbonyl (C=O) groups excluding carboxylic acids is 2. The van der Waals surface area contributed by atoms with E-state index in [0.29, 0.717) is 24.3 Å². The summed E-state index contributed by atoms with van der Waals surface area (Å²) in [6.45, 7) is 0. The molecule has 0 unspecified atom stereocenters. The second-order valence-electron chi connectivity index (χ2n) is 5.04. The van der Waals surface area contributed by atoms with E-state index in [2.05, 4.69) is 5.32 Å². The number of ether oxygens (including phenoxy) is 1. The van der Waals surface area contributed by atoms with Crippen LogP contribution in [0.5, 0.6) is 5.75 Å². The molecule has 1 aliphatic rings. The van der Waals surface area contributed by atoms with Gasteiger partial charge in [-0.15, -0.1) is 0 Å². The van der Waals surface area contributed by atoms with Crippen molar-refractivity contribution in [2.75, 3.05) is 12.4 Å². The second-order valence-corrected chi connectivity index (χ2v) is 5.04. The summed E-state index contributed by atoms with van der Waals surface area (Å²) in [6, 6.07) is 7.00. The third-order valence-corrected chi connectivity index (χ3v) is 3.74. The summed E-state index contributed by atoms with van der Waals surface area (Å²) in [7, 11) is 1.55. The van der Waals surface area contributed by atoms with Crippen molar-refractivity contribution in [2.45, 2.75) is 25.7 Å². The number of carbonyl (C=O) groups is 2. The number of carboxylic acids is 1. The third-order valence-electron chi connectivity index (χ3n) is 3.74. The fourth-order valence-electron chi connectivity index (χ4n) is 2.66. The van der Waals surface area contributed by atoms with Gasteiger partial charge in [-0.3, -0.25) is 4.79 Å². The molecule has 1 N–H and O–H groups in total. The van der Waals surface area contributed by atoms with E-state index in [0.717, 1.165) is 12.8 Å². The Kier molecular flexibility index (Phi) is 4.61. The molecule has 1 aromatic rings. The average molecular weight is 276 g/mol. The Morgan fingerprint density at radius 3 is 2.60 bits per heavy atom. The lowest BCUT2D eigenvalue weighted by Gasteiger charge is -2.31. The van der Waals surface area contributed by atoms with Crippen molar-refractivity contribution >= 4 is 17.6 Å². The van der Waals surface area contributed by atoms with Crippen LogP contribution < -0.4 is 15.2 Å². The lowest BCUT2D eigenvalue weighted by Crippen LogP contribution is -2.42. The van der Waals surface area contributed by atoms with Gasteiger partial charge >= 0.3 is 0 Å². The van der Waals surface area contributed by atoms with Crippen LogP contribution in [-0.2, 0) is 9.59 Å². The van der Waals surface area contributed by atoms with Gasteiger partial charge in [-0.2, -0.15) is 0 Å². The number of benzene rings is 1. The largest absolute Gasteiger partial charge is 0.550 e. The Morgan fingerprint density at radius 2 is 1.95 bits per heavy atom. The zero-order chi connectivity index (χ0) is 14.5. The zero-order valence-corrected chi connectivity index (χ0v) is 11.4. The summed E-state index contributed by atoms with van der Waals surface area (Å²) >= 11 is 0. The van der Waals surface area contributed by atoms with Crippen LogP contribution in [0.1, 0.15) is 25.7 Å². The topological polar surface area (TPSA) is 78.5 Å². The van der Waals surface area contributed by atoms with E-state index in [1.54, 1.807) is 31.4 Å². The van der Waals surface area contributed by atoms with Crippen LogP contribution in [0.2, 0.25) is 0 Å². The molecule has 1 saturated carbocycles. The monoisotopic (exact) mass is 276 g/mol. The van der Waals surface area contributed by atoms with E-state index >= 15 is 0 Å². The van der Waals surface area contributed by atoms with E-state index in [-0.39, 0.29) is 5.91 Å². The number of amides is 1. The maximum Gasteiger partial charge on any atom is 0.228 e. The summed E-state index contributed by atoms with van der Waals surface area (Å²) in [5, 5.41) is 13.9. The lowest BCUT2D eigenvalue weighted by atomic mass is 9.78. The number of rotatable bonds is 4. The molecule has 0 aliphatic heterocycles. The van der Waals surface area contributed by atoms with Crippen LogP contribution in [0.4, 0.5) is 5.69 Å². The maximum atomic E-state index is 12.2. The number of hydrogen-bond acceptors (Lipinski definition) is 4. The molecule has 0 aromatic heterocycles. The highest BCUT2D eigenvalue weighted by Crippen LogP contribution is 2.31. The van der Waals surface area contributed by atoms with E-state index in [4.69, 9.17) is 4.74 Å². The number of methoxy groups -OCH3 is 1. The molecule has 1 aliphatic carbocycles. The first kappa shape index (κ1) is 14.4. The molecule has 2 atom stereocenters. The minimum absolute atomic E-state index is 0.257. The standard InChI is InChI=1S/C15H19NO4/c1-20-11-6-4-5-10(9-11)16-14(17)12-7-2-3-8-13(12)15(18)19/h4-6,9,12-13H,2-3,7-8H2,1H3,(H,16,17)(H,18,19)/p-1/t12-,13-/m1/s1. The number of anilines is 1. The summed E-state index contributed by atoms with van der Waals surface area (Å²) in [5.41, 5.74) is 0.608. The first-order valence-corrected chi connectivity index (χ1v) is 6.77. The number of nitrogens with one attached hydrogen (secondary N) is 1. The van der Waals surface area contributed by atoms with E-state index in [1.807, 2.05) is 0 Å². The molecule has 1 aromatic carbocycles. The summed E-state index contributed by atoms with van der Waals surface area (Å²) in [5.74, 6) is -1.94. The molecule has 108 valence electrons. The van der Waals surface area contributed by atoms with Crippen LogP contribution >= 0.6 is 0 Å². The molecule has 1 fully saturated rings. The van der Waals surface area contributed by atoms with Gasteiger partial charge in [0.2, 0.25) is 5.91 Å². The molecule has 1 amide bonds. The minimum atomic E-state index is -1.13. The van der Waals surface area contributed by atoms with Crippen molar-refractivity contribution in [3.8, 4) is 5.75 Å². The molecule has 5 nitrogen and oxygen atoms in total. The van der Waals surface area contributed by atoms with Crippen molar-refractivity contribution in [3.05, 3.63) is 24.3 Å². The van der Waals surface area contributed by atoms with E-state index in [9.17, 15) is 14.7 Å². The SMILES string of the molecule is COc1cccc(NC(=O)[C@@H]2CCCC[C@H]2C(=O)[O-])c1. The molecule has 0 spiro atoms. The van der Waals surface area contributed by atoms with Gasteiger partial charge in [-0.05, 0) is 25.0 Å². The van der Waals surface area contributed by atoms with Crippen molar-refractivity contribution in [1.82, 2.24) is 0 Å². The van der Waals surface area contributed by atoms with Crippen molar-refractivity contribution < 1.29 is 19.4 Å². The predicted molar refractivity (Wildman–Crippen MR) is 72.1 cm³/mol. The lowest BCUT2D eigenvalue weighted by molar-refractivity contribution is -0.313. The predicted octanol–water partition coefficient (Wildman–Crippen LogP) is 1.19. The fraction of sp³-hybridized carbons (Fsp3) is 0.467. The maximum absolute atomic E-state index is 12.2. The van der Waals surface area contributed by atoms with E-state index in [1.165, 1.54) is 0 Å². The molecule has 0 radical (unpaired) electrons. The summed E-state index contributed by atoms with van der Waals surface area (Å²) in [6.07, 6.45) is 2.81. The molecule has 0 saturated heterocycles. The summed E-state index contributed by atoms with van der Waals surface area (Å²) in [4.78, 5) is 23.3. The number of carboxylic acid groups (broad SMARTS) is 1. The fourth-order valence-corrected chi connectivity index (χ4v) is 2.66. The van der Waals surface area contributed by atoms with Crippen molar-refractivity contribution in [2.24, 2.45) is 11.8 Å². The van der Waals surface area contributed by atoms with Gasteiger partial charge in [0.15, 0.2) is 0 Å². The van der Waals surface area contributed by atoms with Gasteiger partial charge in [-0.1, -0.05) is 18.9 Å². The molecule has 0 heterocycles. The van der Waals surface area contributed by atoms with Crippen LogP contribution in [-0.4, -0.2) is 19.0 Å². The van der Waals surface area contributed by atoms with Gasteiger partial charge in [0.1, 0.15) is 5.75 Å².